The topological polar surface area (TPSA) is 64.4 Å². The summed E-state index contributed by atoms with van der Waals surface area (Å²) >= 11 is 0. The summed E-state index contributed by atoms with van der Waals surface area (Å²) < 4.78 is 5.02. The molecule has 5 nitrogen and oxygen atoms in total. The first-order chi connectivity index (χ1) is 7.70. The summed E-state index contributed by atoms with van der Waals surface area (Å²) in [5, 5.41) is 13.9. The molecule has 0 aliphatic rings. The summed E-state index contributed by atoms with van der Waals surface area (Å²) in [6.07, 6.45) is 0.915. The average molecular weight is 224 g/mol. The van der Waals surface area contributed by atoms with E-state index in [1.54, 1.807) is 13.2 Å². The molecule has 0 radical (unpaired) electrons. The number of nitrogens with one attached hydrogen (secondary N) is 1. The van der Waals surface area contributed by atoms with Crippen molar-refractivity contribution < 1.29 is 9.66 Å². The van der Waals surface area contributed by atoms with E-state index < -0.39 is 0 Å². The van der Waals surface area contributed by atoms with E-state index in [-0.39, 0.29) is 10.6 Å². The van der Waals surface area contributed by atoms with Crippen molar-refractivity contribution in [3.63, 3.8) is 0 Å². The SMILES string of the molecule is CCCNc1c(COC)cccc1[N+](=O)[O-]. The Morgan fingerprint density at radius 1 is 1.50 bits per heavy atom. The Morgan fingerprint density at radius 3 is 2.81 bits per heavy atom. The van der Waals surface area contributed by atoms with E-state index in [0.717, 1.165) is 12.0 Å². The van der Waals surface area contributed by atoms with Crippen molar-refractivity contribution in [1.29, 1.82) is 0 Å². The third-order valence-corrected chi connectivity index (χ3v) is 2.18. The number of nitro groups is 1. The van der Waals surface area contributed by atoms with Gasteiger partial charge >= 0.3 is 0 Å². The van der Waals surface area contributed by atoms with E-state index >= 15 is 0 Å². The highest BCUT2D eigenvalue weighted by Crippen LogP contribution is 2.28. The van der Waals surface area contributed by atoms with E-state index in [1.165, 1.54) is 6.07 Å². The van der Waals surface area contributed by atoms with Gasteiger partial charge in [-0.15, -0.1) is 0 Å². The summed E-state index contributed by atoms with van der Waals surface area (Å²) in [5.41, 5.74) is 1.48. The lowest BCUT2D eigenvalue weighted by Gasteiger charge is -2.10. The molecule has 0 spiro atoms. The molecule has 0 amide bonds. The minimum absolute atomic E-state index is 0.100. The van der Waals surface area contributed by atoms with Gasteiger partial charge in [-0.25, -0.2) is 0 Å². The average Bonchev–Trinajstić information content (AvgIpc) is 2.27. The highest BCUT2D eigenvalue weighted by atomic mass is 16.6. The molecule has 0 fully saturated rings. The zero-order valence-corrected chi connectivity index (χ0v) is 9.53. The molecule has 0 heterocycles. The molecule has 0 atom stereocenters. The van der Waals surface area contributed by atoms with Gasteiger partial charge in [0.05, 0.1) is 11.5 Å². The molecule has 1 aromatic carbocycles. The Morgan fingerprint density at radius 2 is 2.25 bits per heavy atom. The maximum Gasteiger partial charge on any atom is 0.292 e. The summed E-state index contributed by atoms with van der Waals surface area (Å²) in [4.78, 5) is 10.5. The van der Waals surface area contributed by atoms with Gasteiger partial charge < -0.3 is 10.1 Å². The van der Waals surface area contributed by atoms with Gasteiger partial charge in [0.25, 0.3) is 5.69 Å². The molecule has 1 rings (SSSR count). The number of nitro benzene ring substituents is 1. The van der Waals surface area contributed by atoms with Crippen LogP contribution in [0.3, 0.4) is 0 Å². The smallest absolute Gasteiger partial charge is 0.292 e. The van der Waals surface area contributed by atoms with Crippen molar-refractivity contribution in [2.24, 2.45) is 0 Å². The van der Waals surface area contributed by atoms with E-state index in [2.05, 4.69) is 5.32 Å². The van der Waals surface area contributed by atoms with E-state index in [0.29, 0.717) is 18.8 Å². The van der Waals surface area contributed by atoms with Crippen LogP contribution in [0.15, 0.2) is 18.2 Å². The number of benzene rings is 1. The Kier molecular flexibility index (Phi) is 4.72. The van der Waals surface area contributed by atoms with Gasteiger partial charge in [-0.1, -0.05) is 19.1 Å². The molecule has 0 aliphatic carbocycles. The molecule has 0 aromatic heterocycles. The van der Waals surface area contributed by atoms with E-state index in [9.17, 15) is 10.1 Å². The summed E-state index contributed by atoms with van der Waals surface area (Å²) in [7, 11) is 1.57. The summed E-state index contributed by atoms with van der Waals surface area (Å²) in [6.45, 7) is 3.09. The second-order valence-electron chi connectivity index (χ2n) is 3.43. The second-order valence-corrected chi connectivity index (χ2v) is 3.43. The van der Waals surface area contributed by atoms with E-state index in [4.69, 9.17) is 4.74 Å². The molecule has 88 valence electrons. The Balaban J connectivity index is 3.07. The van der Waals surface area contributed by atoms with Crippen molar-refractivity contribution in [2.45, 2.75) is 20.0 Å². The van der Waals surface area contributed by atoms with Crippen LogP contribution < -0.4 is 5.32 Å². The number of nitrogens with zero attached hydrogens (tertiary/aromatic N) is 1. The van der Waals surface area contributed by atoms with Crippen LogP contribution in [0.1, 0.15) is 18.9 Å². The first-order valence-electron chi connectivity index (χ1n) is 5.19. The largest absolute Gasteiger partial charge is 0.380 e. The van der Waals surface area contributed by atoms with Gasteiger partial charge in [-0.05, 0) is 6.42 Å². The minimum atomic E-state index is -0.378. The normalized spacial score (nSPS) is 10.1. The zero-order chi connectivity index (χ0) is 12.0. The van der Waals surface area contributed by atoms with Gasteiger partial charge in [0.1, 0.15) is 5.69 Å². The van der Waals surface area contributed by atoms with Gasteiger partial charge in [0.2, 0.25) is 0 Å². The van der Waals surface area contributed by atoms with E-state index in [1.807, 2.05) is 13.0 Å². The number of methoxy groups -OCH3 is 1. The van der Waals surface area contributed by atoms with Crippen molar-refractivity contribution >= 4 is 11.4 Å². The summed E-state index contributed by atoms with van der Waals surface area (Å²) in [6, 6.07) is 5.00. The lowest BCUT2D eigenvalue weighted by Crippen LogP contribution is -2.06. The first-order valence-corrected chi connectivity index (χ1v) is 5.19. The number of hydrogen-bond donors (Lipinski definition) is 1. The molecule has 0 saturated heterocycles. The molecular weight excluding hydrogens is 208 g/mol. The van der Waals surface area contributed by atoms with Crippen LogP contribution in [0, 0.1) is 10.1 Å². The molecular formula is C11H16N2O3. The molecule has 0 aliphatic heterocycles. The number of anilines is 1. The first kappa shape index (κ1) is 12.4. The molecule has 16 heavy (non-hydrogen) atoms. The molecule has 0 bridgehead atoms. The van der Waals surface area contributed by atoms with Crippen molar-refractivity contribution in [3.05, 3.63) is 33.9 Å². The van der Waals surface area contributed by atoms with Crippen LogP contribution in [0.5, 0.6) is 0 Å². The van der Waals surface area contributed by atoms with Gasteiger partial charge in [0, 0.05) is 25.3 Å². The van der Waals surface area contributed by atoms with Crippen LogP contribution in [0.4, 0.5) is 11.4 Å². The monoisotopic (exact) mass is 224 g/mol. The van der Waals surface area contributed by atoms with Crippen LogP contribution in [0.25, 0.3) is 0 Å². The van der Waals surface area contributed by atoms with Gasteiger partial charge in [0.15, 0.2) is 0 Å². The zero-order valence-electron chi connectivity index (χ0n) is 9.53. The molecule has 5 heteroatoms. The quantitative estimate of drug-likeness (QED) is 0.595. The molecule has 1 N–H and O–H groups in total. The fourth-order valence-electron chi connectivity index (χ4n) is 1.47. The number of hydrogen-bond acceptors (Lipinski definition) is 4. The van der Waals surface area contributed by atoms with Crippen LogP contribution in [0.2, 0.25) is 0 Å². The van der Waals surface area contributed by atoms with Crippen LogP contribution >= 0.6 is 0 Å². The number of rotatable bonds is 6. The highest BCUT2D eigenvalue weighted by molar-refractivity contribution is 5.66. The second kappa shape index (κ2) is 6.07. The Hall–Kier alpha value is -1.62. The third kappa shape index (κ3) is 2.93. The van der Waals surface area contributed by atoms with Crippen molar-refractivity contribution in [2.75, 3.05) is 19.0 Å². The Bertz CT molecular complexity index is 366. The number of para-hydroxylation sites is 1. The number of ether oxygens (including phenoxy) is 1. The minimum Gasteiger partial charge on any atom is -0.380 e. The van der Waals surface area contributed by atoms with Crippen LogP contribution in [-0.4, -0.2) is 18.6 Å². The lowest BCUT2D eigenvalue weighted by atomic mass is 10.1. The predicted octanol–water partition coefficient (Wildman–Crippen LogP) is 2.56. The highest BCUT2D eigenvalue weighted by Gasteiger charge is 2.16. The van der Waals surface area contributed by atoms with Crippen molar-refractivity contribution in [3.8, 4) is 0 Å². The molecule has 0 saturated carbocycles. The fourth-order valence-corrected chi connectivity index (χ4v) is 1.47. The Labute approximate surface area is 94.6 Å². The third-order valence-electron chi connectivity index (χ3n) is 2.18. The fraction of sp³-hybridized carbons (Fsp3) is 0.455. The summed E-state index contributed by atoms with van der Waals surface area (Å²) in [5.74, 6) is 0. The molecule has 1 aromatic rings. The van der Waals surface area contributed by atoms with Gasteiger partial charge in [-0.3, -0.25) is 10.1 Å². The van der Waals surface area contributed by atoms with Gasteiger partial charge in [-0.2, -0.15) is 0 Å². The van der Waals surface area contributed by atoms with Crippen LogP contribution in [-0.2, 0) is 11.3 Å². The standard InChI is InChI=1S/C11H16N2O3/c1-3-7-12-11-9(8-16-2)5-4-6-10(11)13(14)15/h4-6,12H,3,7-8H2,1-2H3. The predicted molar refractivity (Wildman–Crippen MR) is 62.6 cm³/mol. The van der Waals surface area contributed by atoms with Crippen molar-refractivity contribution in [1.82, 2.24) is 0 Å². The lowest BCUT2D eigenvalue weighted by molar-refractivity contribution is -0.384. The maximum atomic E-state index is 10.9. The molecule has 0 unspecified atom stereocenters. The maximum absolute atomic E-state index is 10.9.